The standard InChI is InChI=1S/C21H23N3O4S/c1-13-14(2)29-20-18(13)19(22-17(23-20)12-24-8-10-27-11-9-24)28-16-6-4-15(5-7-16)21(25)26-3/h4-7H,8-12H2,1-3H3. The van der Waals surface area contributed by atoms with Gasteiger partial charge in [-0.25, -0.2) is 9.78 Å². The van der Waals surface area contributed by atoms with Crippen molar-refractivity contribution in [2.45, 2.75) is 20.4 Å². The molecule has 0 amide bonds. The molecule has 4 rings (SSSR count). The highest BCUT2D eigenvalue weighted by Gasteiger charge is 2.19. The normalized spacial score (nSPS) is 14.9. The molecule has 0 atom stereocenters. The number of nitrogens with zero attached hydrogens (tertiary/aromatic N) is 3. The van der Waals surface area contributed by atoms with Gasteiger partial charge in [0.05, 0.1) is 37.8 Å². The number of fused-ring (bicyclic) bond motifs is 1. The first-order valence-corrected chi connectivity index (χ1v) is 10.3. The third-order valence-corrected chi connectivity index (χ3v) is 6.10. The molecule has 0 spiro atoms. The van der Waals surface area contributed by atoms with Gasteiger partial charge in [-0.05, 0) is 43.7 Å². The summed E-state index contributed by atoms with van der Waals surface area (Å²) in [6, 6.07) is 6.85. The number of ether oxygens (including phenoxy) is 3. The summed E-state index contributed by atoms with van der Waals surface area (Å²) in [4.78, 5) is 25.6. The van der Waals surface area contributed by atoms with Crippen molar-refractivity contribution in [1.82, 2.24) is 14.9 Å². The molecule has 0 saturated carbocycles. The molecule has 1 aliphatic rings. The van der Waals surface area contributed by atoms with E-state index in [0.29, 0.717) is 23.7 Å². The van der Waals surface area contributed by atoms with E-state index in [1.165, 1.54) is 12.0 Å². The molecule has 1 saturated heterocycles. The third kappa shape index (κ3) is 4.24. The van der Waals surface area contributed by atoms with Crippen molar-refractivity contribution < 1.29 is 19.0 Å². The summed E-state index contributed by atoms with van der Waals surface area (Å²) in [5.41, 5.74) is 1.60. The number of carbonyl (C=O) groups is 1. The zero-order valence-corrected chi connectivity index (χ0v) is 17.5. The number of carbonyl (C=O) groups excluding carboxylic acids is 1. The minimum absolute atomic E-state index is 0.377. The van der Waals surface area contributed by atoms with Crippen LogP contribution in [0.4, 0.5) is 0 Å². The van der Waals surface area contributed by atoms with E-state index < -0.39 is 0 Å². The SMILES string of the molecule is COC(=O)c1ccc(Oc2nc(CN3CCOCC3)nc3sc(C)c(C)c23)cc1. The number of thiophene rings is 1. The summed E-state index contributed by atoms with van der Waals surface area (Å²) in [7, 11) is 1.36. The van der Waals surface area contributed by atoms with Gasteiger partial charge in [-0.1, -0.05) is 0 Å². The molecule has 29 heavy (non-hydrogen) atoms. The highest BCUT2D eigenvalue weighted by atomic mass is 32.1. The van der Waals surface area contributed by atoms with Gasteiger partial charge in [-0.15, -0.1) is 11.3 Å². The lowest BCUT2D eigenvalue weighted by Crippen LogP contribution is -2.36. The number of benzene rings is 1. The van der Waals surface area contributed by atoms with Crippen molar-refractivity contribution >= 4 is 27.5 Å². The monoisotopic (exact) mass is 413 g/mol. The molecule has 0 bridgehead atoms. The summed E-state index contributed by atoms with van der Waals surface area (Å²) < 4.78 is 16.3. The van der Waals surface area contributed by atoms with Crippen LogP contribution in [0.3, 0.4) is 0 Å². The van der Waals surface area contributed by atoms with E-state index in [4.69, 9.17) is 24.2 Å². The van der Waals surface area contributed by atoms with Gasteiger partial charge in [-0.2, -0.15) is 4.98 Å². The number of aryl methyl sites for hydroxylation is 2. The van der Waals surface area contributed by atoms with Crippen LogP contribution in [0.25, 0.3) is 10.2 Å². The highest BCUT2D eigenvalue weighted by molar-refractivity contribution is 7.18. The van der Waals surface area contributed by atoms with E-state index in [1.54, 1.807) is 35.6 Å². The lowest BCUT2D eigenvalue weighted by atomic mass is 10.2. The molecule has 152 valence electrons. The van der Waals surface area contributed by atoms with E-state index in [2.05, 4.69) is 18.7 Å². The zero-order valence-electron chi connectivity index (χ0n) is 16.7. The number of esters is 1. The van der Waals surface area contributed by atoms with Gasteiger partial charge in [0.2, 0.25) is 5.88 Å². The Bertz CT molecular complexity index is 1030. The average Bonchev–Trinajstić information content (AvgIpc) is 3.02. The first kappa shape index (κ1) is 19.8. The summed E-state index contributed by atoms with van der Waals surface area (Å²) in [5, 5.41) is 0.940. The van der Waals surface area contributed by atoms with Gasteiger partial charge < -0.3 is 14.2 Å². The molecule has 3 heterocycles. The molecule has 7 nitrogen and oxygen atoms in total. The molecule has 1 aliphatic heterocycles. The maximum absolute atomic E-state index is 11.6. The molecule has 0 radical (unpaired) electrons. The van der Waals surface area contributed by atoms with Crippen molar-refractivity contribution in [2.24, 2.45) is 0 Å². The largest absolute Gasteiger partial charge is 0.465 e. The summed E-state index contributed by atoms with van der Waals surface area (Å²) in [6.45, 7) is 8.01. The molecule has 3 aromatic rings. The average molecular weight is 413 g/mol. The fraction of sp³-hybridized carbons (Fsp3) is 0.381. The van der Waals surface area contributed by atoms with Gasteiger partial charge >= 0.3 is 5.97 Å². The minimum atomic E-state index is -0.377. The number of morpholine rings is 1. The highest BCUT2D eigenvalue weighted by Crippen LogP contribution is 2.36. The smallest absolute Gasteiger partial charge is 0.337 e. The number of rotatable bonds is 5. The first-order chi connectivity index (χ1) is 14.0. The number of methoxy groups -OCH3 is 1. The fourth-order valence-corrected chi connectivity index (χ4v) is 4.29. The summed E-state index contributed by atoms with van der Waals surface area (Å²) in [5.74, 6) is 1.52. The zero-order chi connectivity index (χ0) is 20.4. The quantitative estimate of drug-likeness (QED) is 0.590. The van der Waals surface area contributed by atoms with Crippen LogP contribution >= 0.6 is 11.3 Å². The van der Waals surface area contributed by atoms with Gasteiger partial charge in [0.25, 0.3) is 0 Å². The molecule has 1 fully saturated rings. The molecule has 8 heteroatoms. The maximum atomic E-state index is 11.6. The molecule has 0 unspecified atom stereocenters. The van der Waals surface area contributed by atoms with Crippen molar-refractivity contribution in [3.63, 3.8) is 0 Å². The topological polar surface area (TPSA) is 73.8 Å². The molecular formula is C21H23N3O4S. The second-order valence-electron chi connectivity index (χ2n) is 6.91. The second kappa shape index (κ2) is 8.44. The van der Waals surface area contributed by atoms with Crippen molar-refractivity contribution in [3.05, 3.63) is 46.1 Å². The summed E-state index contributed by atoms with van der Waals surface area (Å²) >= 11 is 1.65. The first-order valence-electron chi connectivity index (χ1n) is 9.48. The van der Waals surface area contributed by atoms with Crippen LogP contribution in [0.2, 0.25) is 0 Å². The van der Waals surface area contributed by atoms with Gasteiger partial charge in [0, 0.05) is 18.0 Å². The Balaban J connectivity index is 1.66. The van der Waals surface area contributed by atoms with Gasteiger partial charge in [0.1, 0.15) is 16.4 Å². The van der Waals surface area contributed by atoms with E-state index in [1.807, 2.05) is 0 Å². The Morgan fingerprint density at radius 3 is 2.59 bits per heavy atom. The third-order valence-electron chi connectivity index (χ3n) is 5.00. The number of hydrogen-bond acceptors (Lipinski definition) is 8. The lowest BCUT2D eigenvalue weighted by molar-refractivity contribution is 0.0330. The Kier molecular flexibility index (Phi) is 5.75. The van der Waals surface area contributed by atoms with E-state index in [-0.39, 0.29) is 5.97 Å². The molecule has 0 aliphatic carbocycles. The second-order valence-corrected chi connectivity index (χ2v) is 8.12. The van der Waals surface area contributed by atoms with Crippen LogP contribution in [0.15, 0.2) is 24.3 Å². The maximum Gasteiger partial charge on any atom is 0.337 e. The van der Waals surface area contributed by atoms with E-state index >= 15 is 0 Å². The minimum Gasteiger partial charge on any atom is -0.465 e. The van der Waals surface area contributed by atoms with E-state index in [9.17, 15) is 4.79 Å². The molecule has 0 N–H and O–H groups in total. The Morgan fingerprint density at radius 1 is 1.17 bits per heavy atom. The Hall–Kier alpha value is -2.55. The van der Waals surface area contributed by atoms with Crippen LogP contribution in [-0.4, -0.2) is 54.3 Å². The molecule has 1 aromatic carbocycles. The Morgan fingerprint density at radius 2 is 1.90 bits per heavy atom. The van der Waals surface area contributed by atoms with Gasteiger partial charge in [-0.3, -0.25) is 4.90 Å². The van der Waals surface area contributed by atoms with Gasteiger partial charge in [0.15, 0.2) is 0 Å². The van der Waals surface area contributed by atoms with Crippen molar-refractivity contribution in [3.8, 4) is 11.6 Å². The summed E-state index contributed by atoms with van der Waals surface area (Å²) in [6.07, 6.45) is 0. The molecule has 2 aromatic heterocycles. The fourth-order valence-electron chi connectivity index (χ4n) is 3.25. The predicted octanol–water partition coefficient (Wildman–Crippen LogP) is 3.72. The Labute approximate surface area is 173 Å². The van der Waals surface area contributed by atoms with Crippen LogP contribution in [0, 0.1) is 13.8 Å². The van der Waals surface area contributed by atoms with Crippen molar-refractivity contribution in [2.75, 3.05) is 33.4 Å². The number of hydrogen-bond donors (Lipinski definition) is 0. The van der Waals surface area contributed by atoms with Crippen LogP contribution < -0.4 is 4.74 Å². The predicted molar refractivity (Wildman–Crippen MR) is 111 cm³/mol. The van der Waals surface area contributed by atoms with Crippen LogP contribution in [0.5, 0.6) is 11.6 Å². The van der Waals surface area contributed by atoms with E-state index in [0.717, 1.165) is 47.9 Å². The van der Waals surface area contributed by atoms with Crippen LogP contribution in [0.1, 0.15) is 26.6 Å². The van der Waals surface area contributed by atoms with Crippen molar-refractivity contribution in [1.29, 1.82) is 0 Å². The number of aromatic nitrogens is 2. The lowest BCUT2D eigenvalue weighted by Gasteiger charge is -2.25. The molecular weight excluding hydrogens is 390 g/mol. The van der Waals surface area contributed by atoms with Crippen LogP contribution in [-0.2, 0) is 16.0 Å².